The highest BCUT2D eigenvalue weighted by Crippen LogP contribution is 2.13. The summed E-state index contributed by atoms with van der Waals surface area (Å²) in [6.45, 7) is 1.43. The summed E-state index contributed by atoms with van der Waals surface area (Å²) in [6.07, 6.45) is 1.70. The summed E-state index contributed by atoms with van der Waals surface area (Å²) in [6, 6.07) is 1.63. The fourth-order valence-electron chi connectivity index (χ4n) is 0.666. The third-order valence-electron chi connectivity index (χ3n) is 1.14. The van der Waals surface area contributed by atoms with E-state index in [-0.39, 0.29) is 5.78 Å². The number of rotatable bonds is 2. The van der Waals surface area contributed by atoms with Gasteiger partial charge in [0.05, 0.1) is 4.88 Å². The van der Waals surface area contributed by atoms with Gasteiger partial charge in [0.2, 0.25) is 6.29 Å². The number of carbonyl (C=O) groups excluding carboxylic acids is 2. The monoisotopic (exact) mass is 153 g/mol. The lowest BCUT2D eigenvalue weighted by atomic mass is 10.2. The molecule has 1 radical (unpaired) electrons. The van der Waals surface area contributed by atoms with Gasteiger partial charge in [0.15, 0.2) is 5.78 Å². The lowest BCUT2D eigenvalue weighted by Crippen LogP contribution is -1.92. The maximum atomic E-state index is 10.7. The van der Waals surface area contributed by atoms with E-state index >= 15 is 0 Å². The van der Waals surface area contributed by atoms with E-state index in [0.717, 1.165) is 0 Å². The van der Waals surface area contributed by atoms with Gasteiger partial charge in [-0.05, 0) is 18.4 Å². The van der Waals surface area contributed by atoms with Crippen LogP contribution in [-0.4, -0.2) is 12.1 Å². The number of carbonyl (C=O) groups is 1. The Bertz CT molecular complexity index is 262. The van der Waals surface area contributed by atoms with Crippen LogP contribution >= 0.6 is 11.3 Å². The number of hydrogen-bond donors (Lipinski definition) is 0. The van der Waals surface area contributed by atoms with E-state index in [1.54, 1.807) is 17.7 Å². The van der Waals surface area contributed by atoms with Crippen LogP contribution in [0.2, 0.25) is 0 Å². The van der Waals surface area contributed by atoms with Crippen molar-refractivity contribution < 1.29 is 9.59 Å². The lowest BCUT2D eigenvalue weighted by molar-refractivity contribution is 0.101. The van der Waals surface area contributed by atoms with E-state index in [1.165, 1.54) is 18.3 Å². The van der Waals surface area contributed by atoms with Gasteiger partial charge in [-0.1, -0.05) is 0 Å². The van der Waals surface area contributed by atoms with Crippen LogP contribution in [-0.2, 0) is 4.79 Å². The Morgan fingerprint density at radius 2 is 2.40 bits per heavy atom. The van der Waals surface area contributed by atoms with Crippen molar-refractivity contribution in [2.45, 2.75) is 6.92 Å². The summed E-state index contributed by atoms with van der Waals surface area (Å²) in [5.41, 5.74) is 0.472. The Morgan fingerprint density at radius 3 is 2.80 bits per heavy atom. The van der Waals surface area contributed by atoms with E-state index in [0.29, 0.717) is 10.4 Å². The fraction of sp³-hybridized carbons (Fsp3) is 0.143. The van der Waals surface area contributed by atoms with E-state index in [2.05, 4.69) is 0 Å². The third-order valence-corrected chi connectivity index (χ3v) is 1.95. The van der Waals surface area contributed by atoms with Crippen molar-refractivity contribution in [2.75, 3.05) is 0 Å². The first-order valence-corrected chi connectivity index (χ1v) is 3.60. The molecule has 0 amide bonds. The van der Waals surface area contributed by atoms with Crippen molar-refractivity contribution in [1.82, 2.24) is 0 Å². The lowest BCUT2D eigenvalue weighted by Gasteiger charge is -1.86. The average molecular weight is 153 g/mol. The molecule has 3 heteroatoms. The van der Waals surface area contributed by atoms with E-state index < -0.39 is 0 Å². The van der Waals surface area contributed by atoms with Crippen LogP contribution in [0.15, 0.2) is 11.4 Å². The van der Waals surface area contributed by atoms with Gasteiger partial charge in [-0.2, -0.15) is 0 Å². The molecule has 1 heterocycles. The van der Waals surface area contributed by atoms with Crippen LogP contribution in [0.1, 0.15) is 22.2 Å². The van der Waals surface area contributed by atoms with Crippen molar-refractivity contribution in [3.8, 4) is 0 Å². The number of thiophene rings is 1. The second-order valence-electron chi connectivity index (χ2n) is 1.82. The first-order chi connectivity index (χ1) is 4.75. The molecule has 1 aromatic heterocycles. The van der Waals surface area contributed by atoms with Crippen molar-refractivity contribution in [3.63, 3.8) is 0 Å². The largest absolute Gasteiger partial charge is 0.294 e. The van der Waals surface area contributed by atoms with Crippen LogP contribution in [0.4, 0.5) is 0 Å². The van der Waals surface area contributed by atoms with Crippen LogP contribution in [0.5, 0.6) is 0 Å². The van der Waals surface area contributed by atoms with E-state index in [9.17, 15) is 9.59 Å². The third kappa shape index (κ3) is 1.14. The molecule has 10 heavy (non-hydrogen) atoms. The Hall–Kier alpha value is -0.960. The van der Waals surface area contributed by atoms with Crippen LogP contribution < -0.4 is 0 Å². The normalized spacial score (nSPS) is 9.30. The minimum Gasteiger partial charge on any atom is -0.294 e. The summed E-state index contributed by atoms with van der Waals surface area (Å²) >= 11 is 1.23. The highest BCUT2D eigenvalue weighted by Gasteiger charge is 2.06. The predicted octanol–water partition coefficient (Wildman–Crippen LogP) is 1.41. The SMILES string of the molecule is CC(=O)c1ccsc1[C]=O. The molecule has 0 bridgehead atoms. The summed E-state index contributed by atoms with van der Waals surface area (Å²) in [5, 5.41) is 1.71. The highest BCUT2D eigenvalue weighted by atomic mass is 32.1. The van der Waals surface area contributed by atoms with Crippen molar-refractivity contribution in [1.29, 1.82) is 0 Å². The molecular weight excluding hydrogens is 148 g/mol. The quantitative estimate of drug-likeness (QED) is 0.602. The van der Waals surface area contributed by atoms with Crippen molar-refractivity contribution in [2.24, 2.45) is 0 Å². The first kappa shape index (κ1) is 7.15. The molecule has 2 nitrogen and oxygen atoms in total. The van der Waals surface area contributed by atoms with Gasteiger partial charge in [-0.25, -0.2) is 0 Å². The molecule has 0 aromatic carbocycles. The second kappa shape index (κ2) is 2.75. The molecule has 1 rings (SSSR count). The van der Waals surface area contributed by atoms with E-state index in [4.69, 9.17) is 0 Å². The molecule has 51 valence electrons. The minimum absolute atomic E-state index is 0.0837. The number of Topliss-reactive ketones (excluding diaryl/α,β-unsaturated/α-hetero) is 1. The minimum atomic E-state index is -0.0837. The average Bonchev–Trinajstić information content (AvgIpc) is 2.33. The maximum absolute atomic E-state index is 10.7. The molecule has 0 fully saturated rings. The summed E-state index contributed by atoms with van der Waals surface area (Å²) in [5.74, 6) is -0.0837. The molecule has 0 unspecified atom stereocenters. The smallest absolute Gasteiger partial charge is 0.245 e. The van der Waals surface area contributed by atoms with Crippen molar-refractivity contribution >= 4 is 23.4 Å². The highest BCUT2D eigenvalue weighted by molar-refractivity contribution is 7.12. The zero-order valence-corrected chi connectivity index (χ0v) is 6.20. The Labute approximate surface area is 62.5 Å². The molecule has 0 N–H and O–H groups in total. The van der Waals surface area contributed by atoms with Gasteiger partial charge in [0.1, 0.15) is 0 Å². The zero-order valence-electron chi connectivity index (χ0n) is 5.38. The van der Waals surface area contributed by atoms with Crippen LogP contribution in [0, 0.1) is 0 Å². The molecule has 0 aliphatic carbocycles. The molecule has 0 spiro atoms. The number of hydrogen-bond acceptors (Lipinski definition) is 3. The van der Waals surface area contributed by atoms with Gasteiger partial charge in [-0.3, -0.25) is 9.59 Å². The second-order valence-corrected chi connectivity index (χ2v) is 2.74. The Kier molecular flexibility index (Phi) is 1.97. The molecule has 0 aliphatic rings. The number of ketones is 1. The molecule has 0 saturated heterocycles. The Balaban J connectivity index is 3.13. The van der Waals surface area contributed by atoms with Gasteiger partial charge in [0, 0.05) is 5.56 Å². The molecule has 1 aromatic rings. The topological polar surface area (TPSA) is 34.1 Å². The van der Waals surface area contributed by atoms with Crippen LogP contribution in [0.3, 0.4) is 0 Å². The van der Waals surface area contributed by atoms with Crippen LogP contribution in [0.25, 0.3) is 0 Å². The Morgan fingerprint density at radius 1 is 1.70 bits per heavy atom. The van der Waals surface area contributed by atoms with Gasteiger partial charge < -0.3 is 0 Å². The van der Waals surface area contributed by atoms with Gasteiger partial charge >= 0.3 is 0 Å². The summed E-state index contributed by atoms with van der Waals surface area (Å²) < 4.78 is 0. The molecule has 0 saturated carbocycles. The van der Waals surface area contributed by atoms with Gasteiger partial charge in [0.25, 0.3) is 0 Å². The van der Waals surface area contributed by atoms with Crippen molar-refractivity contribution in [3.05, 3.63) is 21.9 Å². The maximum Gasteiger partial charge on any atom is 0.245 e. The predicted molar refractivity (Wildman–Crippen MR) is 39.1 cm³/mol. The van der Waals surface area contributed by atoms with Gasteiger partial charge in [-0.15, -0.1) is 11.3 Å². The molecule has 0 atom stereocenters. The fourth-order valence-corrected chi connectivity index (χ4v) is 1.39. The summed E-state index contributed by atoms with van der Waals surface area (Å²) in [7, 11) is 0. The molecular formula is C7H5O2S. The standard InChI is InChI=1S/C7H5O2S/c1-5(9)6-2-3-10-7(6)4-8/h2-3H,1H3. The summed E-state index contributed by atoms with van der Waals surface area (Å²) in [4.78, 5) is 21.2. The van der Waals surface area contributed by atoms with E-state index in [1.807, 2.05) is 0 Å². The molecule has 0 aliphatic heterocycles. The first-order valence-electron chi connectivity index (χ1n) is 2.72. The zero-order chi connectivity index (χ0) is 7.56.